The molecular formula is C16H29N3O2. The van der Waals surface area contributed by atoms with Crippen molar-refractivity contribution in [3.63, 3.8) is 0 Å². The van der Waals surface area contributed by atoms with E-state index in [-0.39, 0.29) is 17.7 Å². The predicted octanol–water partition coefficient (Wildman–Crippen LogP) is 1.27. The first kappa shape index (κ1) is 16.3. The predicted molar refractivity (Wildman–Crippen MR) is 82.6 cm³/mol. The fraction of sp³-hybridized carbons (Fsp3) is 0.875. The van der Waals surface area contributed by atoms with E-state index >= 15 is 0 Å². The molecule has 5 nitrogen and oxygen atoms in total. The van der Waals surface area contributed by atoms with Crippen LogP contribution in [0.4, 0.5) is 0 Å². The van der Waals surface area contributed by atoms with Crippen molar-refractivity contribution in [3.05, 3.63) is 0 Å². The quantitative estimate of drug-likeness (QED) is 0.802. The molecular weight excluding hydrogens is 266 g/mol. The van der Waals surface area contributed by atoms with Crippen LogP contribution < -0.4 is 11.1 Å². The molecule has 2 amide bonds. The summed E-state index contributed by atoms with van der Waals surface area (Å²) >= 11 is 0. The molecule has 1 saturated carbocycles. The van der Waals surface area contributed by atoms with E-state index < -0.39 is 0 Å². The lowest BCUT2D eigenvalue weighted by molar-refractivity contribution is -0.132. The van der Waals surface area contributed by atoms with Gasteiger partial charge < -0.3 is 16.0 Å². The lowest BCUT2D eigenvalue weighted by Gasteiger charge is -2.30. The monoisotopic (exact) mass is 295 g/mol. The fourth-order valence-electron chi connectivity index (χ4n) is 3.56. The molecule has 2 fully saturated rings. The first-order chi connectivity index (χ1) is 10.2. The second-order valence-corrected chi connectivity index (χ2v) is 6.37. The second kappa shape index (κ2) is 8.37. The van der Waals surface area contributed by atoms with Gasteiger partial charge in [0.15, 0.2) is 0 Å². The number of nitrogens with zero attached hydrogens (tertiary/aromatic N) is 1. The van der Waals surface area contributed by atoms with Gasteiger partial charge in [0.25, 0.3) is 0 Å². The van der Waals surface area contributed by atoms with Crippen molar-refractivity contribution in [2.24, 2.45) is 17.6 Å². The Morgan fingerprint density at radius 1 is 1.05 bits per heavy atom. The highest BCUT2D eigenvalue weighted by atomic mass is 16.2. The van der Waals surface area contributed by atoms with Gasteiger partial charge in [-0.15, -0.1) is 0 Å². The van der Waals surface area contributed by atoms with Crippen LogP contribution in [0.1, 0.15) is 51.4 Å². The summed E-state index contributed by atoms with van der Waals surface area (Å²) < 4.78 is 0. The molecule has 2 unspecified atom stereocenters. The lowest BCUT2D eigenvalue weighted by Crippen LogP contribution is -2.41. The molecule has 5 heteroatoms. The maximum absolute atomic E-state index is 12.2. The van der Waals surface area contributed by atoms with Crippen LogP contribution in [0.2, 0.25) is 0 Å². The number of carbonyl (C=O) groups is 2. The number of likely N-dealkylation sites (tertiary alicyclic amines) is 1. The van der Waals surface area contributed by atoms with Gasteiger partial charge in [0, 0.05) is 32.0 Å². The van der Waals surface area contributed by atoms with Crippen molar-refractivity contribution in [1.82, 2.24) is 10.2 Å². The van der Waals surface area contributed by atoms with Gasteiger partial charge in [0.2, 0.25) is 11.8 Å². The largest absolute Gasteiger partial charge is 0.355 e. The first-order valence-electron chi connectivity index (χ1n) is 8.48. The van der Waals surface area contributed by atoms with E-state index in [1.54, 1.807) is 0 Å². The average molecular weight is 295 g/mol. The summed E-state index contributed by atoms with van der Waals surface area (Å²) in [6, 6.07) is 0. The van der Waals surface area contributed by atoms with Crippen molar-refractivity contribution in [1.29, 1.82) is 0 Å². The minimum atomic E-state index is 0.0499. The molecule has 0 aromatic carbocycles. The van der Waals surface area contributed by atoms with Crippen LogP contribution in [0.3, 0.4) is 0 Å². The normalized spacial score (nSPS) is 26.4. The standard InChI is InChI=1S/C16H29N3O2/c17-12-13-6-2-3-7-14(13)16(21)18-9-8-15(20)19-10-4-1-5-11-19/h13-14H,1-12,17H2,(H,18,21). The smallest absolute Gasteiger partial charge is 0.224 e. The third kappa shape index (κ3) is 4.70. The van der Waals surface area contributed by atoms with Crippen molar-refractivity contribution in [3.8, 4) is 0 Å². The van der Waals surface area contributed by atoms with E-state index in [0.717, 1.165) is 45.2 Å². The highest BCUT2D eigenvalue weighted by Crippen LogP contribution is 2.29. The van der Waals surface area contributed by atoms with Crippen LogP contribution in [0, 0.1) is 11.8 Å². The zero-order chi connectivity index (χ0) is 15.1. The van der Waals surface area contributed by atoms with Crippen molar-refractivity contribution in [2.45, 2.75) is 51.4 Å². The molecule has 2 aliphatic rings. The minimum absolute atomic E-state index is 0.0499. The number of nitrogens with two attached hydrogens (primary N) is 1. The summed E-state index contributed by atoms with van der Waals surface area (Å²) in [6.07, 6.45) is 8.15. The van der Waals surface area contributed by atoms with Gasteiger partial charge in [-0.3, -0.25) is 9.59 Å². The molecule has 0 aromatic heterocycles. The zero-order valence-corrected chi connectivity index (χ0v) is 13.0. The first-order valence-corrected chi connectivity index (χ1v) is 8.48. The van der Waals surface area contributed by atoms with Gasteiger partial charge in [0.1, 0.15) is 0 Å². The Kier molecular flexibility index (Phi) is 6.49. The van der Waals surface area contributed by atoms with Crippen LogP contribution in [0.5, 0.6) is 0 Å². The summed E-state index contributed by atoms with van der Waals surface area (Å²) in [7, 11) is 0. The SMILES string of the molecule is NCC1CCCCC1C(=O)NCCC(=O)N1CCCCC1. The molecule has 0 aromatic rings. The third-order valence-corrected chi connectivity index (χ3v) is 4.90. The zero-order valence-electron chi connectivity index (χ0n) is 13.0. The number of piperidine rings is 1. The molecule has 0 radical (unpaired) electrons. The Hall–Kier alpha value is -1.10. The molecule has 21 heavy (non-hydrogen) atoms. The highest BCUT2D eigenvalue weighted by Gasteiger charge is 2.29. The molecule has 0 spiro atoms. The van der Waals surface area contributed by atoms with Gasteiger partial charge in [-0.25, -0.2) is 0 Å². The molecule has 1 aliphatic carbocycles. The molecule has 1 saturated heterocycles. The van der Waals surface area contributed by atoms with E-state index in [1.807, 2.05) is 4.90 Å². The number of rotatable bonds is 5. The van der Waals surface area contributed by atoms with E-state index in [0.29, 0.717) is 25.4 Å². The molecule has 1 aliphatic heterocycles. The molecule has 120 valence electrons. The summed E-state index contributed by atoms with van der Waals surface area (Å²) in [5, 5.41) is 2.94. The van der Waals surface area contributed by atoms with Crippen LogP contribution in [-0.4, -0.2) is 42.9 Å². The molecule has 2 atom stereocenters. The Morgan fingerprint density at radius 2 is 1.76 bits per heavy atom. The number of amides is 2. The Labute approximate surface area is 127 Å². The summed E-state index contributed by atoms with van der Waals surface area (Å²) in [6.45, 7) is 2.81. The minimum Gasteiger partial charge on any atom is -0.355 e. The topological polar surface area (TPSA) is 75.4 Å². The van der Waals surface area contributed by atoms with Gasteiger partial charge in [-0.1, -0.05) is 12.8 Å². The molecule has 1 heterocycles. The average Bonchev–Trinajstić information content (AvgIpc) is 2.55. The third-order valence-electron chi connectivity index (χ3n) is 4.90. The van der Waals surface area contributed by atoms with Crippen molar-refractivity contribution < 1.29 is 9.59 Å². The summed E-state index contributed by atoms with van der Waals surface area (Å²) in [5.41, 5.74) is 5.77. The Bertz CT molecular complexity index is 353. The van der Waals surface area contributed by atoms with Crippen LogP contribution >= 0.6 is 0 Å². The fourth-order valence-corrected chi connectivity index (χ4v) is 3.56. The Morgan fingerprint density at radius 3 is 2.48 bits per heavy atom. The number of hydrogen-bond donors (Lipinski definition) is 2. The van der Waals surface area contributed by atoms with Crippen LogP contribution in [0.25, 0.3) is 0 Å². The summed E-state index contributed by atoms with van der Waals surface area (Å²) in [5.74, 6) is 0.635. The van der Waals surface area contributed by atoms with Crippen molar-refractivity contribution >= 4 is 11.8 Å². The van der Waals surface area contributed by atoms with Crippen molar-refractivity contribution in [2.75, 3.05) is 26.2 Å². The number of nitrogens with one attached hydrogen (secondary N) is 1. The lowest BCUT2D eigenvalue weighted by atomic mass is 9.79. The number of carbonyl (C=O) groups excluding carboxylic acids is 2. The number of hydrogen-bond acceptors (Lipinski definition) is 3. The molecule has 0 bridgehead atoms. The van der Waals surface area contributed by atoms with E-state index in [4.69, 9.17) is 5.73 Å². The van der Waals surface area contributed by atoms with Crippen LogP contribution in [0.15, 0.2) is 0 Å². The maximum atomic E-state index is 12.2. The molecule has 2 rings (SSSR count). The Balaban J connectivity index is 1.69. The van der Waals surface area contributed by atoms with E-state index in [9.17, 15) is 9.59 Å². The van der Waals surface area contributed by atoms with Gasteiger partial charge in [-0.05, 0) is 44.6 Å². The highest BCUT2D eigenvalue weighted by molar-refractivity contribution is 5.80. The van der Waals surface area contributed by atoms with Gasteiger partial charge >= 0.3 is 0 Å². The van der Waals surface area contributed by atoms with E-state index in [1.165, 1.54) is 12.8 Å². The maximum Gasteiger partial charge on any atom is 0.224 e. The van der Waals surface area contributed by atoms with E-state index in [2.05, 4.69) is 5.32 Å². The summed E-state index contributed by atoms with van der Waals surface area (Å²) in [4.78, 5) is 26.2. The van der Waals surface area contributed by atoms with Gasteiger partial charge in [-0.2, -0.15) is 0 Å². The van der Waals surface area contributed by atoms with Gasteiger partial charge in [0.05, 0.1) is 0 Å². The van der Waals surface area contributed by atoms with Crippen LogP contribution in [-0.2, 0) is 9.59 Å². The molecule has 3 N–H and O–H groups in total. The second-order valence-electron chi connectivity index (χ2n) is 6.37.